The molecular weight excluding hydrogens is 284 g/mol. The zero-order chi connectivity index (χ0) is 13.3. The van der Waals surface area contributed by atoms with Gasteiger partial charge in [-0.05, 0) is 19.3 Å². The number of rotatable bonds is 12. The molecule has 0 rings (SSSR count). The Kier molecular flexibility index (Phi) is 17.1. The molecule has 0 heterocycles. The average molecular weight is 315 g/mol. The summed E-state index contributed by atoms with van der Waals surface area (Å²) >= 11 is 3.48. The van der Waals surface area contributed by atoms with Crippen LogP contribution in [0.3, 0.4) is 0 Å². The van der Waals surface area contributed by atoms with Crippen molar-refractivity contribution >= 4 is 15.9 Å². The molecule has 0 atom stereocenters. The van der Waals surface area contributed by atoms with E-state index < -0.39 is 0 Å². The van der Waals surface area contributed by atoms with E-state index in [1.54, 1.807) is 0 Å². The van der Waals surface area contributed by atoms with E-state index in [0.29, 0.717) is 0 Å². The van der Waals surface area contributed by atoms with Crippen LogP contribution >= 0.6 is 15.9 Å². The molecule has 0 fully saturated rings. The number of unbranched alkanes of at least 4 members (excludes halogenated alkanes) is 11. The lowest BCUT2D eigenvalue weighted by atomic mass is 10.1. The van der Waals surface area contributed by atoms with Gasteiger partial charge in [0.05, 0.1) is 0 Å². The molecule has 0 aromatic heterocycles. The number of halogens is 1. The van der Waals surface area contributed by atoms with E-state index in [1.165, 1.54) is 76.0 Å². The Morgan fingerprint density at radius 1 is 0.611 bits per heavy atom. The Labute approximate surface area is 123 Å². The summed E-state index contributed by atoms with van der Waals surface area (Å²) in [7, 11) is 0. The van der Waals surface area contributed by atoms with E-state index in [0.717, 1.165) is 12.8 Å². The van der Waals surface area contributed by atoms with Gasteiger partial charge in [0.25, 0.3) is 0 Å². The van der Waals surface area contributed by atoms with Crippen molar-refractivity contribution in [3.63, 3.8) is 0 Å². The van der Waals surface area contributed by atoms with Crippen LogP contribution in [0, 0.1) is 11.8 Å². The molecule has 0 aliphatic carbocycles. The minimum absolute atomic E-state index is 1.08. The first-order valence-electron chi connectivity index (χ1n) is 7.93. The molecule has 0 spiro atoms. The third-order valence-electron chi connectivity index (χ3n) is 3.19. The van der Waals surface area contributed by atoms with Gasteiger partial charge in [0.15, 0.2) is 0 Å². The molecule has 0 bridgehead atoms. The van der Waals surface area contributed by atoms with Gasteiger partial charge in [-0.1, -0.05) is 74.2 Å². The lowest BCUT2D eigenvalue weighted by molar-refractivity contribution is 0.559. The molecule has 18 heavy (non-hydrogen) atoms. The number of hydrogen-bond donors (Lipinski definition) is 0. The molecule has 0 saturated carbocycles. The van der Waals surface area contributed by atoms with E-state index >= 15 is 0 Å². The van der Waals surface area contributed by atoms with Crippen LogP contribution in [0.2, 0.25) is 0 Å². The predicted octanol–water partition coefficient (Wildman–Crippen LogP) is 6.48. The minimum atomic E-state index is 1.08. The lowest BCUT2D eigenvalue weighted by Gasteiger charge is -2.01. The summed E-state index contributed by atoms with van der Waals surface area (Å²) in [4.78, 5) is 0. The van der Waals surface area contributed by atoms with E-state index in [9.17, 15) is 0 Å². The van der Waals surface area contributed by atoms with Crippen molar-refractivity contribution in [2.75, 3.05) is 5.33 Å². The van der Waals surface area contributed by atoms with Crippen LogP contribution in [0.1, 0.15) is 90.4 Å². The summed E-state index contributed by atoms with van der Waals surface area (Å²) in [6, 6.07) is 0. The Morgan fingerprint density at radius 2 is 1.06 bits per heavy atom. The van der Waals surface area contributed by atoms with Crippen molar-refractivity contribution in [1.82, 2.24) is 0 Å². The van der Waals surface area contributed by atoms with Gasteiger partial charge in [-0.2, -0.15) is 0 Å². The van der Waals surface area contributed by atoms with Gasteiger partial charge in [-0.3, -0.25) is 0 Å². The first-order valence-corrected chi connectivity index (χ1v) is 9.05. The van der Waals surface area contributed by atoms with Crippen LogP contribution in [-0.2, 0) is 0 Å². The molecule has 0 N–H and O–H groups in total. The second-order valence-corrected chi connectivity index (χ2v) is 5.87. The Morgan fingerprint density at radius 3 is 1.56 bits per heavy atom. The summed E-state index contributed by atoms with van der Waals surface area (Å²) in [5, 5.41) is 1.17. The molecule has 0 aliphatic heterocycles. The maximum Gasteiger partial charge on any atom is 0.00886 e. The maximum absolute atomic E-state index is 3.48. The summed E-state index contributed by atoms with van der Waals surface area (Å²) in [5.41, 5.74) is 0. The highest BCUT2D eigenvalue weighted by molar-refractivity contribution is 9.09. The summed E-state index contributed by atoms with van der Waals surface area (Å²) < 4.78 is 0. The maximum atomic E-state index is 3.48. The highest BCUT2D eigenvalue weighted by Crippen LogP contribution is 2.11. The quantitative estimate of drug-likeness (QED) is 0.220. The average Bonchev–Trinajstić information content (AvgIpc) is 2.39. The summed E-state index contributed by atoms with van der Waals surface area (Å²) in [6.45, 7) is 2.19. The third kappa shape index (κ3) is 16.0. The third-order valence-corrected chi connectivity index (χ3v) is 3.75. The smallest absolute Gasteiger partial charge is 0.00886 e. The van der Waals surface area contributed by atoms with Crippen molar-refractivity contribution in [3.8, 4) is 11.8 Å². The Balaban J connectivity index is 2.97. The molecule has 0 saturated heterocycles. The van der Waals surface area contributed by atoms with Gasteiger partial charge in [0.2, 0.25) is 0 Å². The van der Waals surface area contributed by atoms with Crippen LogP contribution < -0.4 is 0 Å². The second-order valence-electron chi connectivity index (χ2n) is 5.08. The van der Waals surface area contributed by atoms with Gasteiger partial charge in [-0.15, -0.1) is 11.8 Å². The zero-order valence-electron chi connectivity index (χ0n) is 12.3. The van der Waals surface area contributed by atoms with E-state index in [1.807, 2.05) is 0 Å². The summed E-state index contributed by atoms with van der Waals surface area (Å²) in [6.07, 6.45) is 17.4. The topological polar surface area (TPSA) is 0 Å². The van der Waals surface area contributed by atoms with Crippen LogP contribution in [0.5, 0.6) is 0 Å². The zero-order valence-corrected chi connectivity index (χ0v) is 13.9. The first kappa shape index (κ1) is 18.0. The molecule has 0 nitrogen and oxygen atoms in total. The molecule has 0 aliphatic rings. The van der Waals surface area contributed by atoms with Gasteiger partial charge in [-0.25, -0.2) is 0 Å². The van der Waals surface area contributed by atoms with Crippen molar-refractivity contribution in [3.05, 3.63) is 0 Å². The van der Waals surface area contributed by atoms with E-state index in [-0.39, 0.29) is 0 Å². The molecule has 0 amide bonds. The Hall–Kier alpha value is 0.0400. The SMILES string of the molecule is CCCC#CCCCCCCCCCCCCBr. The molecule has 0 radical (unpaired) electrons. The monoisotopic (exact) mass is 314 g/mol. The van der Waals surface area contributed by atoms with Gasteiger partial charge in [0, 0.05) is 18.2 Å². The van der Waals surface area contributed by atoms with E-state index in [4.69, 9.17) is 0 Å². The largest absolute Gasteiger partial charge is 0.103 e. The molecular formula is C17H31Br. The predicted molar refractivity (Wildman–Crippen MR) is 87.3 cm³/mol. The van der Waals surface area contributed by atoms with Gasteiger partial charge >= 0.3 is 0 Å². The van der Waals surface area contributed by atoms with Crippen LogP contribution in [0.15, 0.2) is 0 Å². The fourth-order valence-electron chi connectivity index (χ4n) is 2.02. The van der Waals surface area contributed by atoms with E-state index in [2.05, 4.69) is 34.7 Å². The standard InChI is InChI=1S/C17H31Br/c1-2-3-4-5-6-7-8-9-10-11-12-13-14-15-16-17-18/h2-3,6-17H2,1H3. The fourth-order valence-corrected chi connectivity index (χ4v) is 2.42. The molecule has 0 aromatic carbocycles. The molecule has 0 aromatic rings. The number of hydrogen-bond acceptors (Lipinski definition) is 0. The highest BCUT2D eigenvalue weighted by atomic mass is 79.9. The summed E-state index contributed by atoms with van der Waals surface area (Å²) in [5.74, 6) is 6.48. The van der Waals surface area contributed by atoms with Gasteiger partial charge in [0.1, 0.15) is 0 Å². The van der Waals surface area contributed by atoms with Crippen molar-refractivity contribution in [2.45, 2.75) is 90.4 Å². The van der Waals surface area contributed by atoms with Crippen molar-refractivity contribution < 1.29 is 0 Å². The normalized spacial score (nSPS) is 10.1. The molecule has 106 valence electrons. The van der Waals surface area contributed by atoms with Crippen molar-refractivity contribution in [2.24, 2.45) is 0 Å². The van der Waals surface area contributed by atoms with Crippen molar-refractivity contribution in [1.29, 1.82) is 0 Å². The van der Waals surface area contributed by atoms with Crippen LogP contribution in [0.4, 0.5) is 0 Å². The fraction of sp³-hybridized carbons (Fsp3) is 0.882. The molecule has 0 unspecified atom stereocenters. The number of alkyl halides is 1. The Bertz CT molecular complexity index is 199. The minimum Gasteiger partial charge on any atom is -0.103 e. The van der Waals surface area contributed by atoms with Gasteiger partial charge < -0.3 is 0 Å². The first-order chi connectivity index (χ1) is 8.91. The molecule has 1 heteroatoms. The van der Waals surface area contributed by atoms with Crippen LogP contribution in [0.25, 0.3) is 0 Å². The van der Waals surface area contributed by atoms with Crippen LogP contribution in [-0.4, -0.2) is 5.33 Å². The highest BCUT2D eigenvalue weighted by Gasteiger charge is 1.92. The lowest BCUT2D eigenvalue weighted by Crippen LogP contribution is -1.82. The second kappa shape index (κ2) is 17.0.